The van der Waals surface area contributed by atoms with Gasteiger partial charge >= 0.3 is 0 Å². The van der Waals surface area contributed by atoms with Crippen LogP contribution in [0.4, 0.5) is 5.69 Å². The maximum atomic E-state index is 9.28. The fourth-order valence-corrected chi connectivity index (χ4v) is 0.756. The SMILES string of the molecule is N#C/C(N=N)=N\Nc1ccccc1O. The highest BCUT2D eigenvalue weighted by atomic mass is 16.3. The highest BCUT2D eigenvalue weighted by Gasteiger charge is 1.97. The number of hydrazone groups is 1. The zero-order chi connectivity index (χ0) is 10.4. The maximum Gasteiger partial charge on any atom is 0.269 e. The molecule has 1 aromatic carbocycles. The van der Waals surface area contributed by atoms with Crippen molar-refractivity contribution >= 4 is 11.5 Å². The Morgan fingerprint density at radius 2 is 2.21 bits per heavy atom. The van der Waals surface area contributed by atoms with Gasteiger partial charge in [-0.2, -0.15) is 5.26 Å². The first-order valence-corrected chi connectivity index (χ1v) is 3.67. The van der Waals surface area contributed by atoms with Gasteiger partial charge in [-0.1, -0.05) is 12.1 Å². The molecule has 3 N–H and O–H groups in total. The number of rotatable bonds is 2. The molecule has 0 saturated carbocycles. The van der Waals surface area contributed by atoms with Crippen LogP contribution in [0.2, 0.25) is 0 Å². The topological polar surface area (TPSA) is 105 Å². The second-order valence-electron chi connectivity index (χ2n) is 2.29. The van der Waals surface area contributed by atoms with Gasteiger partial charge in [-0.25, -0.2) is 5.53 Å². The Hall–Kier alpha value is -2.42. The first-order chi connectivity index (χ1) is 6.77. The van der Waals surface area contributed by atoms with Gasteiger partial charge in [0.15, 0.2) is 0 Å². The summed E-state index contributed by atoms with van der Waals surface area (Å²) in [5.74, 6) is -0.299. The lowest BCUT2D eigenvalue weighted by Gasteiger charge is -2.01. The molecule has 0 amide bonds. The van der Waals surface area contributed by atoms with Crippen molar-refractivity contribution in [1.29, 1.82) is 10.8 Å². The van der Waals surface area contributed by atoms with Gasteiger partial charge in [-0.05, 0) is 12.1 Å². The lowest BCUT2D eigenvalue weighted by Crippen LogP contribution is -1.95. The van der Waals surface area contributed by atoms with Crippen LogP contribution < -0.4 is 5.43 Å². The van der Waals surface area contributed by atoms with Crippen molar-refractivity contribution in [3.63, 3.8) is 0 Å². The Balaban J connectivity index is 2.81. The molecule has 0 heterocycles. The molecular weight excluding hydrogens is 182 g/mol. The predicted molar refractivity (Wildman–Crippen MR) is 49.9 cm³/mol. The molecule has 0 aliphatic carbocycles. The van der Waals surface area contributed by atoms with Crippen LogP contribution in [-0.4, -0.2) is 10.9 Å². The molecule has 0 spiro atoms. The fourth-order valence-electron chi connectivity index (χ4n) is 0.756. The number of nitriles is 1. The zero-order valence-electron chi connectivity index (χ0n) is 7.10. The second-order valence-corrected chi connectivity index (χ2v) is 2.29. The van der Waals surface area contributed by atoms with Gasteiger partial charge in [0.05, 0.1) is 5.69 Å². The monoisotopic (exact) mass is 189 g/mol. The van der Waals surface area contributed by atoms with Gasteiger partial charge in [0.2, 0.25) is 0 Å². The van der Waals surface area contributed by atoms with E-state index in [1.807, 2.05) is 0 Å². The quantitative estimate of drug-likeness (QED) is 0.216. The minimum Gasteiger partial charge on any atom is -0.506 e. The van der Waals surface area contributed by atoms with Crippen molar-refractivity contribution in [2.24, 2.45) is 10.2 Å². The molecule has 0 saturated heterocycles. The van der Waals surface area contributed by atoms with Gasteiger partial charge in [0.1, 0.15) is 11.8 Å². The molecule has 1 rings (SSSR count). The van der Waals surface area contributed by atoms with Crippen LogP contribution in [0.15, 0.2) is 34.5 Å². The molecule has 6 heteroatoms. The number of phenolic OH excluding ortho intramolecular Hbond substituents is 1. The van der Waals surface area contributed by atoms with Crippen molar-refractivity contribution in [3.8, 4) is 11.8 Å². The average molecular weight is 189 g/mol. The van der Waals surface area contributed by atoms with E-state index in [1.165, 1.54) is 6.07 Å². The lowest BCUT2D eigenvalue weighted by atomic mass is 10.3. The van der Waals surface area contributed by atoms with E-state index in [0.717, 1.165) is 0 Å². The molecule has 0 fully saturated rings. The first kappa shape index (κ1) is 9.67. The molecule has 6 nitrogen and oxygen atoms in total. The van der Waals surface area contributed by atoms with Crippen LogP contribution in [0.5, 0.6) is 5.75 Å². The zero-order valence-corrected chi connectivity index (χ0v) is 7.10. The molecule has 0 radical (unpaired) electrons. The summed E-state index contributed by atoms with van der Waals surface area (Å²) in [5, 5.41) is 24.0. The van der Waals surface area contributed by atoms with Crippen LogP contribution >= 0.6 is 0 Å². The molecule has 0 atom stereocenters. The maximum absolute atomic E-state index is 9.28. The summed E-state index contributed by atoms with van der Waals surface area (Å²) in [6.07, 6.45) is 0. The molecule has 1 aromatic rings. The third-order valence-corrected chi connectivity index (χ3v) is 1.39. The van der Waals surface area contributed by atoms with Crippen molar-refractivity contribution < 1.29 is 5.11 Å². The van der Waals surface area contributed by atoms with E-state index in [4.69, 9.17) is 10.8 Å². The summed E-state index contributed by atoms with van der Waals surface area (Å²) < 4.78 is 0. The van der Waals surface area contributed by atoms with Crippen LogP contribution in [-0.2, 0) is 0 Å². The number of para-hydroxylation sites is 2. The Labute approximate surface area is 80.0 Å². The summed E-state index contributed by atoms with van der Waals surface area (Å²) in [5.41, 5.74) is 9.32. The van der Waals surface area contributed by atoms with Crippen LogP contribution in [0.1, 0.15) is 0 Å². The minimum atomic E-state index is -0.312. The van der Waals surface area contributed by atoms with Crippen LogP contribution in [0.25, 0.3) is 0 Å². The Morgan fingerprint density at radius 3 is 2.79 bits per heavy atom. The predicted octanol–water partition coefficient (Wildman–Crippen LogP) is 1.67. The number of anilines is 1. The summed E-state index contributed by atoms with van der Waals surface area (Å²) in [7, 11) is 0. The molecule has 0 bridgehead atoms. The fraction of sp³-hybridized carbons (Fsp3) is 0. The van der Waals surface area contributed by atoms with Crippen molar-refractivity contribution in [2.75, 3.05) is 5.43 Å². The van der Waals surface area contributed by atoms with E-state index in [1.54, 1.807) is 24.3 Å². The number of nitrogens with zero attached hydrogens (tertiary/aromatic N) is 3. The standard InChI is InChI=1S/C8H7N5O/c9-5-8(11-10)13-12-6-3-1-2-4-7(6)14/h1-4,10,12,14H/b11-10?,13-8+. The van der Waals surface area contributed by atoms with Crippen molar-refractivity contribution in [2.45, 2.75) is 0 Å². The summed E-state index contributed by atoms with van der Waals surface area (Å²) in [6, 6.07) is 8.00. The van der Waals surface area contributed by atoms with Crippen LogP contribution in [0.3, 0.4) is 0 Å². The Morgan fingerprint density at radius 1 is 1.50 bits per heavy atom. The van der Waals surface area contributed by atoms with E-state index < -0.39 is 0 Å². The number of hydrogen-bond acceptors (Lipinski definition) is 5. The average Bonchev–Trinajstić information content (AvgIpc) is 2.22. The molecule has 0 aliphatic heterocycles. The van der Waals surface area contributed by atoms with Gasteiger partial charge < -0.3 is 5.11 Å². The third kappa shape index (κ3) is 2.28. The number of aromatic hydroxyl groups is 1. The van der Waals surface area contributed by atoms with Gasteiger partial charge in [-0.15, -0.1) is 10.2 Å². The third-order valence-electron chi connectivity index (χ3n) is 1.39. The lowest BCUT2D eigenvalue weighted by molar-refractivity contribution is 0.477. The van der Waals surface area contributed by atoms with Crippen molar-refractivity contribution in [3.05, 3.63) is 24.3 Å². The summed E-state index contributed by atoms with van der Waals surface area (Å²) in [4.78, 5) is 0. The summed E-state index contributed by atoms with van der Waals surface area (Å²) in [6.45, 7) is 0. The molecule has 0 unspecified atom stereocenters. The molecule has 0 aromatic heterocycles. The van der Waals surface area contributed by atoms with Crippen molar-refractivity contribution in [1.82, 2.24) is 0 Å². The number of benzene rings is 1. The largest absolute Gasteiger partial charge is 0.506 e. The second kappa shape index (κ2) is 4.57. The Bertz CT molecular complexity index is 406. The van der Waals surface area contributed by atoms with E-state index in [-0.39, 0.29) is 11.6 Å². The van der Waals surface area contributed by atoms with E-state index in [2.05, 4.69) is 15.6 Å². The summed E-state index contributed by atoms with van der Waals surface area (Å²) >= 11 is 0. The van der Waals surface area contributed by atoms with Gasteiger partial charge in [0.25, 0.3) is 5.84 Å². The van der Waals surface area contributed by atoms with Gasteiger partial charge in [-0.3, -0.25) is 5.43 Å². The van der Waals surface area contributed by atoms with E-state index in [9.17, 15) is 5.11 Å². The highest BCUT2D eigenvalue weighted by molar-refractivity contribution is 5.97. The minimum absolute atomic E-state index is 0.0125. The molecule has 0 aliphatic rings. The highest BCUT2D eigenvalue weighted by Crippen LogP contribution is 2.21. The van der Waals surface area contributed by atoms with Gasteiger partial charge in [0, 0.05) is 0 Å². The normalized spacial score (nSPS) is 10.4. The van der Waals surface area contributed by atoms with Crippen LogP contribution in [0, 0.1) is 16.9 Å². The molecular formula is C8H7N5O. The number of amidine groups is 1. The number of hydrogen-bond donors (Lipinski definition) is 3. The smallest absolute Gasteiger partial charge is 0.269 e. The number of nitrogens with one attached hydrogen (secondary N) is 2. The first-order valence-electron chi connectivity index (χ1n) is 3.67. The molecule has 70 valence electrons. The van der Waals surface area contributed by atoms with E-state index in [0.29, 0.717) is 5.69 Å². The number of phenols is 1. The molecule has 14 heavy (non-hydrogen) atoms. The Kier molecular flexibility index (Phi) is 3.15. The van der Waals surface area contributed by atoms with E-state index >= 15 is 0 Å².